The number of hydrogen-bond acceptors (Lipinski definition) is 4. The van der Waals surface area contributed by atoms with Gasteiger partial charge in [-0.3, -0.25) is 14.4 Å². The highest BCUT2D eigenvalue weighted by molar-refractivity contribution is 6.08. The average Bonchev–Trinajstić information content (AvgIpc) is 2.28. The number of ketones is 1. The highest BCUT2D eigenvalue weighted by atomic mass is 16.5. The molecule has 0 saturated carbocycles. The van der Waals surface area contributed by atoms with Crippen molar-refractivity contribution in [3.05, 3.63) is 35.4 Å². The van der Waals surface area contributed by atoms with Crippen LogP contribution in [0.25, 0.3) is 0 Å². The molecule has 0 aromatic heterocycles. The van der Waals surface area contributed by atoms with E-state index in [0.29, 0.717) is 11.1 Å². The third-order valence-corrected chi connectivity index (χ3v) is 2.22. The van der Waals surface area contributed by atoms with Crippen LogP contribution >= 0.6 is 0 Å². The molecule has 0 fully saturated rings. The molecule has 0 aliphatic rings. The maximum absolute atomic E-state index is 11.7. The molecule has 1 aromatic rings. The predicted molar refractivity (Wildman–Crippen MR) is 60.3 cm³/mol. The van der Waals surface area contributed by atoms with Crippen molar-refractivity contribution in [2.75, 3.05) is 7.11 Å². The summed E-state index contributed by atoms with van der Waals surface area (Å²) >= 11 is 0. The Morgan fingerprint density at radius 1 is 1.24 bits per heavy atom. The number of rotatable bonds is 5. The number of carbonyl (C=O) groups excluding carboxylic acids is 3. The van der Waals surface area contributed by atoms with Crippen molar-refractivity contribution in [3.63, 3.8) is 0 Å². The summed E-state index contributed by atoms with van der Waals surface area (Å²) in [6.45, 7) is 0. The normalized spacial score (nSPS) is 9.71. The highest BCUT2D eigenvalue weighted by Gasteiger charge is 2.15. The summed E-state index contributed by atoms with van der Waals surface area (Å²) < 4.78 is 4.53. The smallest absolute Gasteiger partial charge is 0.310 e. The average molecular weight is 235 g/mol. The number of ether oxygens (including phenoxy) is 1. The lowest BCUT2D eigenvalue weighted by atomic mass is 9.99. The summed E-state index contributed by atoms with van der Waals surface area (Å²) in [6, 6.07) is 6.57. The topological polar surface area (TPSA) is 86.5 Å². The Hall–Kier alpha value is -2.17. The third-order valence-electron chi connectivity index (χ3n) is 2.22. The van der Waals surface area contributed by atoms with Gasteiger partial charge in [0.25, 0.3) is 0 Å². The van der Waals surface area contributed by atoms with E-state index in [-0.39, 0.29) is 12.8 Å². The lowest BCUT2D eigenvalue weighted by molar-refractivity contribution is -0.139. The Balaban J connectivity index is 2.95. The number of carbonyl (C=O) groups is 3. The highest BCUT2D eigenvalue weighted by Crippen LogP contribution is 2.12. The lowest BCUT2D eigenvalue weighted by Gasteiger charge is -2.06. The molecule has 0 aliphatic carbocycles. The van der Waals surface area contributed by atoms with Gasteiger partial charge < -0.3 is 10.5 Å². The standard InChI is InChI=1S/C12H13NO4/c1-17-12(16)6-8-4-2-3-5-9(8)10(14)7-11(13)15/h2-5H,6-7H2,1H3,(H2,13,15). The molecule has 17 heavy (non-hydrogen) atoms. The quantitative estimate of drug-likeness (QED) is 0.456. The van der Waals surface area contributed by atoms with Gasteiger partial charge in [0.2, 0.25) is 5.91 Å². The van der Waals surface area contributed by atoms with E-state index in [1.54, 1.807) is 24.3 Å². The van der Waals surface area contributed by atoms with Gasteiger partial charge in [0.1, 0.15) is 0 Å². The van der Waals surface area contributed by atoms with Crippen molar-refractivity contribution in [1.29, 1.82) is 0 Å². The van der Waals surface area contributed by atoms with Crippen LogP contribution in [0, 0.1) is 0 Å². The van der Waals surface area contributed by atoms with Crippen molar-refractivity contribution < 1.29 is 19.1 Å². The number of Topliss-reactive ketones (excluding diaryl/α,β-unsaturated/α-hetero) is 1. The molecule has 0 bridgehead atoms. The molecule has 5 heteroatoms. The fourth-order valence-electron chi connectivity index (χ4n) is 1.43. The van der Waals surface area contributed by atoms with E-state index >= 15 is 0 Å². The zero-order valence-electron chi connectivity index (χ0n) is 9.43. The monoisotopic (exact) mass is 235 g/mol. The molecule has 0 unspecified atom stereocenters. The molecule has 1 amide bonds. The van der Waals surface area contributed by atoms with Crippen molar-refractivity contribution in [2.45, 2.75) is 12.8 Å². The van der Waals surface area contributed by atoms with E-state index in [9.17, 15) is 14.4 Å². The third kappa shape index (κ3) is 3.71. The first-order chi connectivity index (χ1) is 8.04. The summed E-state index contributed by atoms with van der Waals surface area (Å²) in [4.78, 5) is 33.5. The van der Waals surface area contributed by atoms with Crippen LogP contribution in [-0.2, 0) is 20.7 Å². The molecule has 0 radical (unpaired) electrons. The minimum Gasteiger partial charge on any atom is -0.469 e. The van der Waals surface area contributed by atoms with Gasteiger partial charge in [0.15, 0.2) is 5.78 Å². The largest absolute Gasteiger partial charge is 0.469 e. The fourth-order valence-corrected chi connectivity index (χ4v) is 1.43. The van der Waals surface area contributed by atoms with E-state index < -0.39 is 17.7 Å². The van der Waals surface area contributed by atoms with E-state index in [2.05, 4.69) is 4.74 Å². The van der Waals surface area contributed by atoms with Gasteiger partial charge in [-0.1, -0.05) is 24.3 Å². The molecule has 0 spiro atoms. The SMILES string of the molecule is COC(=O)Cc1ccccc1C(=O)CC(N)=O. The first kappa shape index (κ1) is 12.9. The van der Waals surface area contributed by atoms with Gasteiger partial charge in [-0.05, 0) is 5.56 Å². The van der Waals surface area contributed by atoms with Crippen LogP contribution in [0.2, 0.25) is 0 Å². The van der Waals surface area contributed by atoms with Crippen LogP contribution in [0.3, 0.4) is 0 Å². The van der Waals surface area contributed by atoms with E-state index in [0.717, 1.165) is 0 Å². The number of hydrogen-bond donors (Lipinski definition) is 1. The lowest BCUT2D eigenvalue weighted by Crippen LogP contribution is -2.18. The zero-order valence-corrected chi connectivity index (χ0v) is 9.43. The summed E-state index contributed by atoms with van der Waals surface area (Å²) in [5, 5.41) is 0. The summed E-state index contributed by atoms with van der Waals surface area (Å²) in [7, 11) is 1.27. The Morgan fingerprint density at radius 2 is 1.88 bits per heavy atom. The van der Waals surface area contributed by atoms with Gasteiger partial charge in [0.05, 0.1) is 20.0 Å². The first-order valence-electron chi connectivity index (χ1n) is 5.00. The molecular formula is C12H13NO4. The minimum absolute atomic E-state index is 0.00280. The first-order valence-corrected chi connectivity index (χ1v) is 5.00. The molecule has 2 N–H and O–H groups in total. The summed E-state index contributed by atoms with van der Waals surface area (Å²) in [5.41, 5.74) is 5.82. The van der Waals surface area contributed by atoms with Crippen LogP contribution in [0.4, 0.5) is 0 Å². The van der Waals surface area contributed by atoms with E-state index in [1.807, 2.05) is 0 Å². The number of nitrogens with two attached hydrogens (primary N) is 1. The second-order valence-corrected chi connectivity index (χ2v) is 3.48. The van der Waals surface area contributed by atoms with E-state index in [1.165, 1.54) is 7.11 Å². The fraction of sp³-hybridized carbons (Fsp3) is 0.250. The van der Waals surface area contributed by atoms with Crippen molar-refractivity contribution in [3.8, 4) is 0 Å². The second-order valence-electron chi connectivity index (χ2n) is 3.48. The molecule has 0 atom stereocenters. The molecule has 1 aromatic carbocycles. The summed E-state index contributed by atoms with van der Waals surface area (Å²) in [6.07, 6.45) is -0.366. The number of esters is 1. The number of methoxy groups -OCH3 is 1. The van der Waals surface area contributed by atoms with Crippen LogP contribution in [0.1, 0.15) is 22.3 Å². The van der Waals surface area contributed by atoms with Gasteiger partial charge in [-0.25, -0.2) is 0 Å². The van der Waals surface area contributed by atoms with Crippen LogP contribution < -0.4 is 5.73 Å². The Labute approximate surface area is 98.6 Å². The van der Waals surface area contributed by atoms with Crippen molar-refractivity contribution >= 4 is 17.7 Å². The predicted octanol–water partition coefficient (Wildman–Crippen LogP) is 0.460. The van der Waals surface area contributed by atoms with Crippen LogP contribution in [-0.4, -0.2) is 24.8 Å². The van der Waals surface area contributed by atoms with Gasteiger partial charge in [0, 0.05) is 5.56 Å². The molecule has 90 valence electrons. The van der Waals surface area contributed by atoms with Gasteiger partial charge >= 0.3 is 5.97 Å². The Kier molecular flexibility index (Phi) is 4.39. The Bertz CT molecular complexity index is 454. The molecule has 0 saturated heterocycles. The molecule has 0 heterocycles. The van der Waals surface area contributed by atoms with Crippen molar-refractivity contribution in [2.24, 2.45) is 5.73 Å². The number of amides is 1. The van der Waals surface area contributed by atoms with E-state index in [4.69, 9.17) is 5.73 Å². The molecule has 5 nitrogen and oxygen atoms in total. The Morgan fingerprint density at radius 3 is 2.47 bits per heavy atom. The number of primary amides is 1. The summed E-state index contributed by atoms with van der Waals surface area (Å²) in [5.74, 6) is -1.52. The molecule has 0 aliphatic heterocycles. The van der Waals surface area contributed by atoms with Crippen LogP contribution in [0.15, 0.2) is 24.3 Å². The minimum atomic E-state index is -0.692. The molecule has 1 rings (SSSR count). The van der Waals surface area contributed by atoms with Crippen LogP contribution in [0.5, 0.6) is 0 Å². The molecular weight excluding hydrogens is 222 g/mol. The van der Waals surface area contributed by atoms with Gasteiger partial charge in [-0.15, -0.1) is 0 Å². The maximum Gasteiger partial charge on any atom is 0.310 e. The van der Waals surface area contributed by atoms with Crippen molar-refractivity contribution in [1.82, 2.24) is 0 Å². The zero-order chi connectivity index (χ0) is 12.8. The maximum atomic E-state index is 11.7. The van der Waals surface area contributed by atoms with Gasteiger partial charge in [-0.2, -0.15) is 0 Å². The second kappa shape index (κ2) is 5.79. The number of benzene rings is 1.